The number of ether oxygens (including phenoxy) is 1. The van der Waals surface area contributed by atoms with Crippen LogP contribution >= 0.6 is 0 Å². The van der Waals surface area contributed by atoms with E-state index in [-0.39, 0.29) is 18.4 Å². The van der Waals surface area contributed by atoms with Gasteiger partial charge in [0, 0.05) is 0 Å². The second kappa shape index (κ2) is 8.52. The molecule has 0 bridgehead atoms. The Bertz CT molecular complexity index is 356. The summed E-state index contributed by atoms with van der Waals surface area (Å²) in [6.45, 7) is 6.98. The number of carbonyl (C=O) groups is 3. The number of nitrogens with two attached hydrogens (primary N) is 1. The highest BCUT2D eigenvalue weighted by Crippen LogP contribution is 2.03. The number of amides is 2. The minimum absolute atomic E-state index is 0.0171. The van der Waals surface area contributed by atoms with Gasteiger partial charge in [0.25, 0.3) is 0 Å². The highest BCUT2D eigenvalue weighted by atomic mass is 16.5. The summed E-state index contributed by atoms with van der Waals surface area (Å²) in [5, 5.41) is 4.96. The minimum atomic E-state index is -0.733. The maximum absolute atomic E-state index is 11.7. The van der Waals surface area contributed by atoms with E-state index in [1.807, 2.05) is 13.8 Å². The normalized spacial score (nSPS) is 13.8. The summed E-state index contributed by atoms with van der Waals surface area (Å²) in [5.41, 5.74) is 5.65. The number of nitrogens with one attached hydrogen (secondary N) is 2. The van der Waals surface area contributed by atoms with Crippen molar-refractivity contribution in [2.75, 3.05) is 13.7 Å². The van der Waals surface area contributed by atoms with Crippen LogP contribution in [0.2, 0.25) is 0 Å². The molecular formula is C13H25N3O4. The summed E-state index contributed by atoms with van der Waals surface area (Å²) < 4.78 is 4.61. The predicted octanol–water partition coefficient (Wildman–Crippen LogP) is -0.600. The van der Waals surface area contributed by atoms with Gasteiger partial charge in [-0.1, -0.05) is 27.7 Å². The van der Waals surface area contributed by atoms with Gasteiger partial charge in [0.05, 0.1) is 19.7 Å². The van der Waals surface area contributed by atoms with Crippen molar-refractivity contribution in [2.45, 2.75) is 39.8 Å². The molecule has 0 saturated carbocycles. The maximum Gasteiger partial charge on any atom is 0.328 e. The molecule has 0 aliphatic heterocycles. The van der Waals surface area contributed by atoms with Crippen molar-refractivity contribution in [3.8, 4) is 0 Å². The molecule has 4 N–H and O–H groups in total. The molecule has 0 heterocycles. The van der Waals surface area contributed by atoms with E-state index in [1.165, 1.54) is 7.11 Å². The van der Waals surface area contributed by atoms with Crippen LogP contribution in [0.4, 0.5) is 0 Å². The molecular weight excluding hydrogens is 262 g/mol. The Morgan fingerprint density at radius 2 is 1.65 bits per heavy atom. The van der Waals surface area contributed by atoms with Gasteiger partial charge in [0.1, 0.15) is 6.04 Å². The van der Waals surface area contributed by atoms with E-state index in [1.54, 1.807) is 13.8 Å². The lowest BCUT2D eigenvalue weighted by atomic mass is 10.0. The number of hydrogen-bond acceptors (Lipinski definition) is 5. The molecule has 0 aromatic rings. The highest BCUT2D eigenvalue weighted by molar-refractivity contribution is 5.89. The van der Waals surface area contributed by atoms with Gasteiger partial charge in [-0.2, -0.15) is 0 Å². The predicted molar refractivity (Wildman–Crippen MR) is 74.6 cm³/mol. The van der Waals surface area contributed by atoms with E-state index in [0.29, 0.717) is 0 Å². The smallest absolute Gasteiger partial charge is 0.328 e. The van der Waals surface area contributed by atoms with E-state index in [0.717, 1.165) is 0 Å². The Morgan fingerprint density at radius 3 is 2.05 bits per heavy atom. The van der Waals surface area contributed by atoms with Gasteiger partial charge in [-0.3, -0.25) is 9.59 Å². The third-order valence-corrected chi connectivity index (χ3v) is 2.88. The minimum Gasteiger partial charge on any atom is -0.467 e. The molecule has 0 fully saturated rings. The maximum atomic E-state index is 11.7. The second-order valence-electron chi connectivity index (χ2n) is 5.30. The molecule has 20 heavy (non-hydrogen) atoms. The number of rotatable bonds is 7. The van der Waals surface area contributed by atoms with Gasteiger partial charge in [-0.15, -0.1) is 0 Å². The van der Waals surface area contributed by atoms with Crippen LogP contribution < -0.4 is 16.4 Å². The van der Waals surface area contributed by atoms with E-state index >= 15 is 0 Å². The van der Waals surface area contributed by atoms with Crippen molar-refractivity contribution in [1.29, 1.82) is 0 Å². The van der Waals surface area contributed by atoms with Crippen LogP contribution in [-0.4, -0.2) is 43.5 Å². The molecule has 0 aromatic carbocycles. The highest BCUT2D eigenvalue weighted by Gasteiger charge is 2.25. The quantitative estimate of drug-likeness (QED) is 0.542. The number of hydrogen-bond donors (Lipinski definition) is 3. The van der Waals surface area contributed by atoms with Gasteiger partial charge in [0.15, 0.2) is 0 Å². The van der Waals surface area contributed by atoms with Crippen molar-refractivity contribution in [2.24, 2.45) is 17.6 Å². The van der Waals surface area contributed by atoms with Crippen LogP contribution in [0.3, 0.4) is 0 Å². The Kier molecular flexibility index (Phi) is 7.83. The zero-order valence-electron chi connectivity index (χ0n) is 12.7. The van der Waals surface area contributed by atoms with E-state index in [9.17, 15) is 14.4 Å². The van der Waals surface area contributed by atoms with E-state index < -0.39 is 29.9 Å². The van der Waals surface area contributed by atoms with Crippen molar-refractivity contribution < 1.29 is 19.1 Å². The van der Waals surface area contributed by atoms with Crippen LogP contribution in [0.1, 0.15) is 27.7 Å². The fourth-order valence-corrected chi connectivity index (χ4v) is 1.44. The lowest BCUT2D eigenvalue weighted by molar-refractivity contribution is -0.146. The van der Waals surface area contributed by atoms with E-state index in [2.05, 4.69) is 15.4 Å². The monoisotopic (exact) mass is 287 g/mol. The fourth-order valence-electron chi connectivity index (χ4n) is 1.44. The summed E-state index contributed by atoms with van der Waals surface area (Å²) in [6, 6.07) is -1.40. The molecule has 2 atom stereocenters. The SMILES string of the molecule is COC(=O)[C@@H](NC(=O)CNC(=O)[C@@H](N)C(C)C)C(C)C. The topological polar surface area (TPSA) is 111 Å². The first-order chi connectivity index (χ1) is 9.20. The zero-order valence-corrected chi connectivity index (χ0v) is 12.7. The molecule has 0 aromatic heterocycles. The molecule has 0 aliphatic rings. The summed E-state index contributed by atoms with van der Waals surface area (Å²) in [5.74, 6) is -1.50. The molecule has 0 unspecified atom stereocenters. The molecule has 0 saturated heterocycles. The standard InChI is InChI=1S/C13H25N3O4/c1-7(2)10(14)12(18)15-6-9(17)16-11(8(3)4)13(19)20-5/h7-8,10-11H,6,14H2,1-5H3,(H,15,18)(H,16,17)/t10-,11-/m0/s1. The van der Waals surface area contributed by atoms with Crippen molar-refractivity contribution in [3.05, 3.63) is 0 Å². The average Bonchev–Trinajstić information content (AvgIpc) is 2.39. The van der Waals surface area contributed by atoms with Crippen LogP contribution in [0, 0.1) is 11.8 Å². The first kappa shape index (κ1) is 18.4. The van der Waals surface area contributed by atoms with Gasteiger partial charge in [-0.25, -0.2) is 4.79 Å². The molecule has 7 heteroatoms. The molecule has 116 valence electrons. The number of methoxy groups -OCH3 is 1. The largest absolute Gasteiger partial charge is 0.467 e. The van der Waals surface area contributed by atoms with Gasteiger partial charge in [-0.05, 0) is 11.8 Å². The third-order valence-electron chi connectivity index (χ3n) is 2.88. The first-order valence-corrected chi connectivity index (χ1v) is 6.61. The molecule has 0 radical (unpaired) electrons. The molecule has 7 nitrogen and oxygen atoms in total. The van der Waals surface area contributed by atoms with Crippen molar-refractivity contribution in [3.63, 3.8) is 0 Å². The van der Waals surface area contributed by atoms with Crippen LogP contribution in [-0.2, 0) is 19.1 Å². The molecule has 0 spiro atoms. The Balaban J connectivity index is 4.35. The molecule has 2 amide bonds. The summed E-state index contributed by atoms with van der Waals surface area (Å²) >= 11 is 0. The van der Waals surface area contributed by atoms with Gasteiger partial charge in [0.2, 0.25) is 11.8 Å². The summed E-state index contributed by atoms with van der Waals surface area (Å²) in [7, 11) is 1.26. The van der Waals surface area contributed by atoms with Gasteiger partial charge >= 0.3 is 5.97 Å². The summed E-state index contributed by atoms with van der Waals surface area (Å²) in [6.07, 6.45) is 0. The molecule has 0 aliphatic carbocycles. The lowest BCUT2D eigenvalue weighted by Gasteiger charge is -2.20. The van der Waals surface area contributed by atoms with Crippen LogP contribution in [0.5, 0.6) is 0 Å². The fraction of sp³-hybridized carbons (Fsp3) is 0.769. The molecule has 0 rings (SSSR count). The third kappa shape index (κ3) is 6.01. The van der Waals surface area contributed by atoms with Crippen LogP contribution in [0.25, 0.3) is 0 Å². The average molecular weight is 287 g/mol. The van der Waals surface area contributed by atoms with Crippen molar-refractivity contribution >= 4 is 17.8 Å². The van der Waals surface area contributed by atoms with Gasteiger partial charge < -0.3 is 21.1 Å². The summed E-state index contributed by atoms with van der Waals surface area (Å²) in [4.78, 5) is 34.8. The van der Waals surface area contributed by atoms with E-state index in [4.69, 9.17) is 5.73 Å². The van der Waals surface area contributed by atoms with Crippen LogP contribution in [0.15, 0.2) is 0 Å². The number of esters is 1. The lowest BCUT2D eigenvalue weighted by Crippen LogP contribution is -2.51. The zero-order chi connectivity index (χ0) is 15.9. The second-order valence-corrected chi connectivity index (χ2v) is 5.30. The number of carbonyl (C=O) groups excluding carboxylic acids is 3. The Hall–Kier alpha value is -1.63. The Labute approximate surface area is 119 Å². The Morgan fingerprint density at radius 1 is 1.10 bits per heavy atom. The first-order valence-electron chi connectivity index (χ1n) is 6.61. The van der Waals surface area contributed by atoms with Crippen molar-refractivity contribution in [1.82, 2.24) is 10.6 Å².